The largest absolute Gasteiger partial charge is 0.382 e. The van der Waals surface area contributed by atoms with Crippen LogP contribution in [0.5, 0.6) is 0 Å². The molecule has 4 nitrogen and oxygen atoms in total. The van der Waals surface area contributed by atoms with Gasteiger partial charge in [0.1, 0.15) is 0 Å². The van der Waals surface area contributed by atoms with E-state index < -0.39 is 0 Å². The topological polar surface area (TPSA) is 47.6 Å². The lowest BCUT2D eigenvalue weighted by Gasteiger charge is -2.23. The summed E-state index contributed by atoms with van der Waals surface area (Å²) in [6, 6.07) is 8.33. The zero-order chi connectivity index (χ0) is 16.5. The summed E-state index contributed by atoms with van der Waals surface area (Å²) in [6.45, 7) is 7.28. The molecule has 0 saturated carbocycles. The lowest BCUT2D eigenvalue weighted by atomic mass is 9.85. The molecule has 0 aromatic heterocycles. The smallest absolute Gasteiger partial charge is 0.220 e. The van der Waals surface area contributed by atoms with Crippen molar-refractivity contribution >= 4 is 5.91 Å². The number of methoxy groups -OCH3 is 2. The Kier molecular flexibility index (Phi) is 8.13. The minimum absolute atomic E-state index is 0.0402. The van der Waals surface area contributed by atoms with E-state index in [-0.39, 0.29) is 17.9 Å². The van der Waals surface area contributed by atoms with E-state index in [1.807, 2.05) is 0 Å². The van der Waals surface area contributed by atoms with Crippen LogP contribution in [0, 0.1) is 12.8 Å². The van der Waals surface area contributed by atoms with E-state index in [0.29, 0.717) is 25.6 Å². The van der Waals surface area contributed by atoms with Crippen molar-refractivity contribution in [1.82, 2.24) is 5.32 Å². The molecule has 124 valence electrons. The van der Waals surface area contributed by atoms with Crippen LogP contribution in [-0.2, 0) is 14.3 Å². The van der Waals surface area contributed by atoms with Crippen LogP contribution in [0.4, 0.5) is 0 Å². The highest BCUT2D eigenvalue weighted by Gasteiger charge is 2.21. The molecule has 1 rings (SSSR count). The quantitative estimate of drug-likeness (QED) is 0.763. The van der Waals surface area contributed by atoms with Crippen LogP contribution in [-0.4, -0.2) is 39.4 Å². The summed E-state index contributed by atoms with van der Waals surface area (Å²) in [4.78, 5) is 12.3. The fourth-order valence-electron chi connectivity index (χ4n) is 2.57. The molecule has 0 bridgehead atoms. The van der Waals surface area contributed by atoms with Gasteiger partial charge in [-0.2, -0.15) is 0 Å². The fourth-order valence-corrected chi connectivity index (χ4v) is 2.57. The van der Waals surface area contributed by atoms with E-state index in [0.717, 1.165) is 0 Å². The van der Waals surface area contributed by atoms with Gasteiger partial charge in [0.25, 0.3) is 0 Å². The number of aryl methyl sites for hydroxylation is 1. The molecule has 0 aliphatic heterocycles. The first-order valence-electron chi connectivity index (χ1n) is 7.81. The SMILES string of the molecule is COCC(COC)NC(=O)CC(c1ccc(C)cc1)C(C)C. The first-order valence-corrected chi connectivity index (χ1v) is 7.81. The second-order valence-corrected chi connectivity index (χ2v) is 6.14. The van der Waals surface area contributed by atoms with Crippen LogP contribution in [0.3, 0.4) is 0 Å². The predicted molar refractivity (Wildman–Crippen MR) is 89.1 cm³/mol. The molecule has 1 aromatic carbocycles. The summed E-state index contributed by atoms with van der Waals surface area (Å²) in [5.41, 5.74) is 2.45. The summed E-state index contributed by atoms with van der Waals surface area (Å²) >= 11 is 0. The molecule has 1 unspecified atom stereocenters. The average molecular weight is 307 g/mol. The third-order valence-corrected chi connectivity index (χ3v) is 3.82. The van der Waals surface area contributed by atoms with Gasteiger partial charge in [-0.15, -0.1) is 0 Å². The molecule has 0 radical (unpaired) electrons. The number of amides is 1. The molecule has 22 heavy (non-hydrogen) atoms. The van der Waals surface area contributed by atoms with Gasteiger partial charge in [-0.3, -0.25) is 4.79 Å². The number of rotatable bonds is 9. The Bertz CT molecular complexity index is 436. The third kappa shape index (κ3) is 6.16. The number of hydrogen-bond donors (Lipinski definition) is 1. The van der Waals surface area contributed by atoms with Gasteiger partial charge in [0.2, 0.25) is 5.91 Å². The van der Waals surface area contributed by atoms with Crippen LogP contribution in [0.2, 0.25) is 0 Å². The number of carbonyl (C=O) groups is 1. The first kappa shape index (κ1) is 18.7. The van der Waals surface area contributed by atoms with Crippen LogP contribution >= 0.6 is 0 Å². The Morgan fingerprint density at radius 3 is 2.09 bits per heavy atom. The maximum Gasteiger partial charge on any atom is 0.220 e. The van der Waals surface area contributed by atoms with Gasteiger partial charge >= 0.3 is 0 Å². The highest BCUT2D eigenvalue weighted by Crippen LogP contribution is 2.28. The molecule has 0 heterocycles. The van der Waals surface area contributed by atoms with E-state index in [1.54, 1.807) is 14.2 Å². The zero-order valence-electron chi connectivity index (χ0n) is 14.4. The Morgan fingerprint density at radius 1 is 1.09 bits per heavy atom. The number of carbonyl (C=O) groups excluding carboxylic acids is 1. The highest BCUT2D eigenvalue weighted by atomic mass is 16.5. The highest BCUT2D eigenvalue weighted by molar-refractivity contribution is 5.77. The summed E-state index contributed by atoms with van der Waals surface area (Å²) < 4.78 is 10.2. The van der Waals surface area contributed by atoms with Crippen molar-refractivity contribution in [3.8, 4) is 0 Å². The van der Waals surface area contributed by atoms with Gasteiger partial charge in [-0.1, -0.05) is 43.7 Å². The van der Waals surface area contributed by atoms with Gasteiger partial charge in [0.15, 0.2) is 0 Å². The van der Waals surface area contributed by atoms with Crippen LogP contribution < -0.4 is 5.32 Å². The fraction of sp³-hybridized carbons (Fsp3) is 0.611. The average Bonchev–Trinajstić information content (AvgIpc) is 2.46. The molecule has 0 saturated heterocycles. The second-order valence-electron chi connectivity index (χ2n) is 6.14. The van der Waals surface area contributed by atoms with E-state index in [9.17, 15) is 4.79 Å². The summed E-state index contributed by atoms with van der Waals surface area (Å²) in [5, 5.41) is 3.00. The molecular formula is C18H29NO3. The first-order chi connectivity index (χ1) is 10.5. The molecule has 4 heteroatoms. The molecule has 1 aromatic rings. The van der Waals surface area contributed by atoms with Crippen molar-refractivity contribution < 1.29 is 14.3 Å². The maximum atomic E-state index is 12.3. The lowest BCUT2D eigenvalue weighted by Crippen LogP contribution is -2.41. The van der Waals surface area contributed by atoms with Crippen molar-refractivity contribution in [3.05, 3.63) is 35.4 Å². The zero-order valence-corrected chi connectivity index (χ0v) is 14.4. The Balaban J connectivity index is 2.69. The molecule has 0 aliphatic rings. The standard InChI is InChI=1S/C18H29NO3/c1-13(2)17(15-8-6-14(3)7-9-15)10-18(20)19-16(11-21-4)12-22-5/h6-9,13,16-17H,10-12H2,1-5H3,(H,19,20). The second kappa shape index (κ2) is 9.59. The molecule has 1 amide bonds. The summed E-state index contributed by atoms with van der Waals surface area (Å²) in [6.07, 6.45) is 0.477. The molecule has 0 fully saturated rings. The minimum Gasteiger partial charge on any atom is -0.382 e. The molecular weight excluding hydrogens is 278 g/mol. The Hall–Kier alpha value is -1.39. The Labute approximate surface area is 134 Å². The molecule has 0 spiro atoms. The number of ether oxygens (including phenoxy) is 2. The van der Waals surface area contributed by atoms with Gasteiger partial charge < -0.3 is 14.8 Å². The predicted octanol–water partition coefficient (Wildman–Crippen LogP) is 2.90. The molecule has 1 N–H and O–H groups in total. The third-order valence-electron chi connectivity index (χ3n) is 3.82. The maximum absolute atomic E-state index is 12.3. The minimum atomic E-state index is -0.103. The van der Waals surface area contributed by atoms with E-state index in [2.05, 4.69) is 50.4 Å². The van der Waals surface area contributed by atoms with Crippen LogP contribution in [0.15, 0.2) is 24.3 Å². The summed E-state index contributed by atoms with van der Waals surface area (Å²) in [5.74, 6) is 0.654. The van der Waals surface area contributed by atoms with Crippen molar-refractivity contribution in [3.63, 3.8) is 0 Å². The van der Waals surface area contributed by atoms with E-state index in [1.165, 1.54) is 11.1 Å². The van der Waals surface area contributed by atoms with E-state index in [4.69, 9.17) is 9.47 Å². The van der Waals surface area contributed by atoms with Crippen molar-refractivity contribution in [2.45, 2.75) is 39.2 Å². The van der Waals surface area contributed by atoms with Gasteiger partial charge in [0, 0.05) is 20.6 Å². The van der Waals surface area contributed by atoms with E-state index >= 15 is 0 Å². The monoisotopic (exact) mass is 307 g/mol. The van der Waals surface area contributed by atoms with Gasteiger partial charge in [0.05, 0.1) is 19.3 Å². The molecule has 1 atom stereocenters. The number of nitrogens with one attached hydrogen (secondary N) is 1. The molecule has 0 aliphatic carbocycles. The van der Waals surface area contributed by atoms with Crippen LogP contribution in [0.25, 0.3) is 0 Å². The normalized spacial score (nSPS) is 12.7. The van der Waals surface area contributed by atoms with Crippen molar-refractivity contribution in [2.75, 3.05) is 27.4 Å². The van der Waals surface area contributed by atoms with Crippen molar-refractivity contribution in [1.29, 1.82) is 0 Å². The Morgan fingerprint density at radius 2 is 1.64 bits per heavy atom. The van der Waals surface area contributed by atoms with Crippen LogP contribution in [0.1, 0.15) is 37.3 Å². The lowest BCUT2D eigenvalue weighted by molar-refractivity contribution is -0.123. The number of benzene rings is 1. The van der Waals surface area contributed by atoms with Gasteiger partial charge in [-0.25, -0.2) is 0 Å². The summed E-state index contributed by atoms with van der Waals surface area (Å²) in [7, 11) is 3.25. The number of hydrogen-bond acceptors (Lipinski definition) is 3. The van der Waals surface area contributed by atoms with Gasteiger partial charge in [-0.05, 0) is 24.3 Å². The van der Waals surface area contributed by atoms with Crippen molar-refractivity contribution in [2.24, 2.45) is 5.92 Å².